The monoisotopic (exact) mass is 583 g/mol. The zero-order chi connectivity index (χ0) is 30.0. The van der Waals surface area contributed by atoms with Gasteiger partial charge in [0.1, 0.15) is 11.6 Å². The summed E-state index contributed by atoms with van der Waals surface area (Å²) in [4.78, 5) is 23.9. The number of nitrogens with zero attached hydrogens (tertiary/aromatic N) is 5. The molecule has 9 nitrogen and oxygen atoms in total. The quantitative estimate of drug-likeness (QED) is 0.226. The van der Waals surface area contributed by atoms with Crippen molar-refractivity contribution >= 4 is 0 Å². The Morgan fingerprint density at radius 3 is 2.26 bits per heavy atom. The van der Waals surface area contributed by atoms with E-state index in [0.717, 1.165) is 22.3 Å². The lowest BCUT2D eigenvalue weighted by Gasteiger charge is -2.13. The van der Waals surface area contributed by atoms with E-state index < -0.39 is 23.0 Å². The van der Waals surface area contributed by atoms with Crippen LogP contribution in [-0.4, -0.2) is 35.6 Å². The minimum atomic E-state index is -4.81. The van der Waals surface area contributed by atoms with Crippen molar-refractivity contribution in [3.63, 3.8) is 0 Å². The Morgan fingerprint density at radius 1 is 0.837 bits per heavy atom. The molecule has 216 valence electrons. The molecule has 0 aliphatic heterocycles. The smallest absolute Gasteiger partial charge is 0.433 e. The van der Waals surface area contributed by atoms with Gasteiger partial charge in [0, 0.05) is 30.4 Å². The predicted molar refractivity (Wildman–Crippen MR) is 152 cm³/mol. The summed E-state index contributed by atoms with van der Waals surface area (Å²) in [5.41, 5.74) is 1.81. The molecule has 0 unspecified atom stereocenters. The Bertz CT molecular complexity index is 1910. The average Bonchev–Trinajstić information content (AvgIpc) is 3.68. The van der Waals surface area contributed by atoms with Crippen molar-refractivity contribution in [2.45, 2.75) is 32.4 Å². The Kier molecular flexibility index (Phi) is 7.41. The van der Waals surface area contributed by atoms with Gasteiger partial charge in [-0.2, -0.15) is 18.4 Å². The number of aromatic nitrogens is 7. The minimum absolute atomic E-state index is 0.0503. The van der Waals surface area contributed by atoms with Gasteiger partial charge in [-0.25, -0.2) is 9.97 Å². The molecule has 0 aliphatic rings. The van der Waals surface area contributed by atoms with E-state index in [2.05, 4.69) is 35.6 Å². The molecule has 0 saturated heterocycles. The highest BCUT2D eigenvalue weighted by Crippen LogP contribution is 2.32. The standard InChI is InChI=1S/C31H24F3N7O2/c1-18-25(35-30(43-18)21-7-3-2-4-8-21)15-16-26-36-27(31(32,33)34)24(29(42)37-26)17-19-11-13-20(14-12-19)22-9-5-6-10-23(22)28-38-40-41-39-28/h2-14H,15-17H2,1H3,(H,36,37,42)(H,38,39,40,41). The zero-order valence-electron chi connectivity index (χ0n) is 22.8. The third-order valence-electron chi connectivity index (χ3n) is 7.00. The third-order valence-corrected chi connectivity index (χ3v) is 7.00. The van der Waals surface area contributed by atoms with Crippen LogP contribution in [0.3, 0.4) is 0 Å². The number of aromatic amines is 2. The molecule has 0 spiro atoms. The van der Waals surface area contributed by atoms with Crippen LogP contribution in [0, 0.1) is 6.92 Å². The van der Waals surface area contributed by atoms with Gasteiger partial charge in [-0.05, 0) is 41.0 Å². The van der Waals surface area contributed by atoms with Crippen molar-refractivity contribution in [3.05, 3.63) is 123 Å². The Hall–Kier alpha value is -5.39. The number of oxazole rings is 1. The van der Waals surface area contributed by atoms with Gasteiger partial charge >= 0.3 is 6.18 Å². The van der Waals surface area contributed by atoms with Crippen LogP contribution in [0.15, 0.2) is 88.1 Å². The highest BCUT2D eigenvalue weighted by molar-refractivity contribution is 5.80. The summed E-state index contributed by atoms with van der Waals surface area (Å²) in [5, 5.41) is 14.1. The second-order valence-corrected chi connectivity index (χ2v) is 9.88. The normalized spacial score (nSPS) is 11.6. The molecule has 0 atom stereocenters. The van der Waals surface area contributed by atoms with Crippen molar-refractivity contribution in [1.29, 1.82) is 0 Å². The fourth-order valence-electron chi connectivity index (χ4n) is 4.87. The summed E-state index contributed by atoms with van der Waals surface area (Å²) in [6, 6.07) is 23.7. The second-order valence-electron chi connectivity index (χ2n) is 9.88. The van der Waals surface area contributed by atoms with Crippen molar-refractivity contribution in [2.24, 2.45) is 0 Å². The lowest BCUT2D eigenvalue weighted by Crippen LogP contribution is -2.25. The average molecular weight is 584 g/mol. The van der Waals surface area contributed by atoms with E-state index in [1.54, 1.807) is 31.2 Å². The number of hydrogen-bond acceptors (Lipinski definition) is 7. The molecule has 12 heteroatoms. The Balaban J connectivity index is 1.23. The fourth-order valence-corrected chi connectivity index (χ4v) is 4.87. The van der Waals surface area contributed by atoms with Crippen LogP contribution in [-0.2, 0) is 25.4 Å². The molecule has 0 bridgehead atoms. The lowest BCUT2D eigenvalue weighted by atomic mass is 9.96. The number of halogens is 3. The van der Waals surface area contributed by atoms with Gasteiger partial charge in [-0.3, -0.25) is 4.79 Å². The first-order valence-corrected chi connectivity index (χ1v) is 13.4. The largest absolute Gasteiger partial charge is 0.441 e. The van der Waals surface area contributed by atoms with E-state index in [1.807, 2.05) is 54.6 Å². The maximum Gasteiger partial charge on any atom is 0.433 e. The second kappa shape index (κ2) is 11.5. The first kappa shape index (κ1) is 27.8. The van der Waals surface area contributed by atoms with E-state index in [1.165, 1.54) is 0 Å². The van der Waals surface area contributed by atoms with Crippen LogP contribution in [0.2, 0.25) is 0 Å². The van der Waals surface area contributed by atoms with Crippen LogP contribution in [0.25, 0.3) is 34.0 Å². The van der Waals surface area contributed by atoms with Gasteiger partial charge in [-0.1, -0.05) is 66.7 Å². The van der Waals surface area contributed by atoms with E-state index in [0.29, 0.717) is 28.7 Å². The third kappa shape index (κ3) is 5.98. The fraction of sp³-hybridized carbons (Fsp3) is 0.161. The van der Waals surface area contributed by atoms with Crippen LogP contribution < -0.4 is 5.56 Å². The van der Waals surface area contributed by atoms with Gasteiger partial charge < -0.3 is 9.40 Å². The molecule has 6 rings (SSSR count). The molecule has 0 aliphatic carbocycles. The molecule has 2 N–H and O–H groups in total. The van der Waals surface area contributed by atoms with Gasteiger partial charge in [0.15, 0.2) is 5.69 Å². The number of nitrogens with one attached hydrogen (secondary N) is 2. The molecular weight excluding hydrogens is 559 g/mol. The van der Waals surface area contributed by atoms with Crippen molar-refractivity contribution < 1.29 is 17.6 Å². The predicted octanol–water partition coefficient (Wildman–Crippen LogP) is 5.98. The van der Waals surface area contributed by atoms with Crippen LogP contribution >= 0.6 is 0 Å². The minimum Gasteiger partial charge on any atom is -0.441 e. The number of tetrazole rings is 1. The summed E-state index contributed by atoms with van der Waals surface area (Å²) >= 11 is 0. The first-order valence-electron chi connectivity index (χ1n) is 13.4. The highest BCUT2D eigenvalue weighted by atomic mass is 19.4. The molecule has 0 saturated carbocycles. The number of aryl methyl sites for hydroxylation is 3. The zero-order valence-corrected chi connectivity index (χ0v) is 22.8. The lowest BCUT2D eigenvalue weighted by molar-refractivity contribution is -0.142. The Morgan fingerprint density at radius 2 is 1.56 bits per heavy atom. The van der Waals surface area contributed by atoms with Gasteiger partial charge in [0.05, 0.1) is 11.3 Å². The molecular formula is C31H24F3N7O2. The van der Waals surface area contributed by atoms with E-state index in [-0.39, 0.29) is 25.1 Å². The number of H-pyrrole nitrogens is 2. The number of benzene rings is 3. The van der Waals surface area contributed by atoms with E-state index in [9.17, 15) is 18.0 Å². The molecule has 0 radical (unpaired) electrons. The molecule has 3 heterocycles. The molecule has 6 aromatic rings. The molecule has 43 heavy (non-hydrogen) atoms. The molecule has 0 amide bonds. The number of alkyl halides is 3. The molecule has 3 aromatic carbocycles. The van der Waals surface area contributed by atoms with Gasteiger partial charge in [-0.15, -0.1) is 10.2 Å². The van der Waals surface area contributed by atoms with Gasteiger partial charge in [0.2, 0.25) is 11.7 Å². The topological polar surface area (TPSA) is 126 Å². The molecule has 0 fully saturated rings. The maximum atomic E-state index is 14.1. The summed E-state index contributed by atoms with van der Waals surface area (Å²) in [6.07, 6.45) is -4.76. The summed E-state index contributed by atoms with van der Waals surface area (Å²) in [6.45, 7) is 1.74. The number of rotatable bonds is 8. The van der Waals surface area contributed by atoms with Gasteiger partial charge in [0.25, 0.3) is 5.56 Å². The molecule has 3 aromatic heterocycles. The number of hydrogen-bond donors (Lipinski definition) is 2. The van der Waals surface area contributed by atoms with Crippen molar-refractivity contribution in [1.82, 2.24) is 35.6 Å². The van der Waals surface area contributed by atoms with Crippen LogP contribution in [0.5, 0.6) is 0 Å². The van der Waals surface area contributed by atoms with Crippen LogP contribution in [0.1, 0.15) is 34.1 Å². The van der Waals surface area contributed by atoms with Crippen LogP contribution in [0.4, 0.5) is 13.2 Å². The highest BCUT2D eigenvalue weighted by Gasteiger charge is 2.37. The first-order chi connectivity index (χ1) is 20.8. The summed E-state index contributed by atoms with van der Waals surface area (Å²) in [5.74, 6) is 1.32. The maximum absolute atomic E-state index is 14.1. The van der Waals surface area contributed by atoms with Crippen molar-refractivity contribution in [3.8, 4) is 34.0 Å². The summed E-state index contributed by atoms with van der Waals surface area (Å²) < 4.78 is 48.1. The van der Waals surface area contributed by atoms with E-state index >= 15 is 0 Å². The summed E-state index contributed by atoms with van der Waals surface area (Å²) in [7, 11) is 0. The van der Waals surface area contributed by atoms with E-state index in [4.69, 9.17) is 4.42 Å². The SMILES string of the molecule is Cc1oc(-c2ccccc2)nc1CCc1nc(C(F)(F)F)c(Cc2ccc(-c3ccccc3-c3nn[nH]n3)cc2)c(=O)[nH]1. The Labute approximate surface area is 242 Å². The van der Waals surface area contributed by atoms with Crippen molar-refractivity contribution in [2.75, 3.05) is 0 Å².